The molecular formula is C10H10B13N4O2. The van der Waals surface area contributed by atoms with Crippen molar-refractivity contribution >= 4 is 99.1 Å². The van der Waals surface area contributed by atoms with Crippen LogP contribution < -0.4 is 0 Å². The fourth-order valence-electron chi connectivity index (χ4n) is 2.06. The molecule has 6 nitrogen and oxygen atoms in total. The topological polar surface area (TPSA) is 88.9 Å². The zero-order chi connectivity index (χ0) is 22.4. The molecule has 2 rings (SSSR count). The van der Waals surface area contributed by atoms with Gasteiger partial charge in [0, 0.05) is 111 Å². The molecule has 15 radical (unpaired) electrons. The van der Waals surface area contributed by atoms with Gasteiger partial charge >= 0.3 is 5.97 Å². The molecule has 0 bridgehead atoms. The van der Waals surface area contributed by atoms with Crippen molar-refractivity contribution in [1.82, 2.24) is 19.9 Å². The number of hydrogen-bond acceptors (Lipinski definition) is 5. The van der Waals surface area contributed by atoms with Gasteiger partial charge in [-0.15, -0.1) is 0 Å². The predicted molar refractivity (Wildman–Crippen MR) is 131 cm³/mol. The molecule has 0 aromatic carbocycles. The summed E-state index contributed by atoms with van der Waals surface area (Å²) < 4.78 is 0. The summed E-state index contributed by atoms with van der Waals surface area (Å²) >= 11 is 0. The minimum absolute atomic E-state index is 0.0185. The van der Waals surface area contributed by atoms with E-state index in [9.17, 15) is 4.79 Å². The van der Waals surface area contributed by atoms with Crippen molar-refractivity contribution in [2.75, 3.05) is 0 Å². The Morgan fingerprint density at radius 3 is 1.62 bits per heavy atom. The second kappa shape index (κ2) is 15.3. The molecule has 0 fully saturated rings. The molecule has 2 aromatic rings. The minimum Gasteiger partial charge on any atom is -0.477 e. The Kier molecular flexibility index (Phi) is 14.5. The van der Waals surface area contributed by atoms with Crippen molar-refractivity contribution in [3.8, 4) is 0 Å². The maximum Gasteiger partial charge on any atom is 0.354 e. The lowest BCUT2D eigenvalue weighted by molar-refractivity contribution is 0.0690. The molecule has 0 aliphatic carbocycles. The summed E-state index contributed by atoms with van der Waals surface area (Å²) in [5.74, 6) is -1.03. The van der Waals surface area contributed by atoms with E-state index in [0.717, 1.165) is 5.69 Å². The van der Waals surface area contributed by atoms with Gasteiger partial charge in [-0.3, -0.25) is 0 Å². The second-order valence-corrected chi connectivity index (χ2v) is 5.83. The maximum atomic E-state index is 10.1. The van der Waals surface area contributed by atoms with Gasteiger partial charge in [0.15, 0.2) is 5.69 Å². The van der Waals surface area contributed by atoms with Crippen molar-refractivity contribution in [3.05, 3.63) is 48.6 Å². The largest absolute Gasteiger partial charge is 0.477 e. The van der Waals surface area contributed by atoms with Gasteiger partial charge in [-0.05, 0) is 19.1 Å². The minimum atomic E-state index is -1.03. The van der Waals surface area contributed by atoms with E-state index < -0.39 is 31.5 Å². The van der Waals surface area contributed by atoms with Crippen LogP contribution in [0.25, 0.3) is 0 Å². The van der Waals surface area contributed by atoms with Crippen molar-refractivity contribution < 1.29 is 9.90 Å². The summed E-state index contributed by atoms with van der Waals surface area (Å²) in [5.41, 5.74) is 1.03. The molecule has 0 aliphatic rings. The lowest BCUT2D eigenvalue weighted by Crippen LogP contribution is -2.69. The highest BCUT2D eigenvalue weighted by atomic mass is 16.4. The third-order valence-corrected chi connectivity index (χ3v) is 3.53. The first-order valence-corrected chi connectivity index (χ1v) is 8.42. The van der Waals surface area contributed by atoms with Crippen LogP contribution in [-0.4, -0.2) is 124 Å². The highest BCUT2D eigenvalue weighted by molar-refractivity contribution is 8.07. The smallest absolute Gasteiger partial charge is 0.354 e. The molecular weight excluding hydrogens is 349 g/mol. The molecule has 19 heteroatoms. The van der Waals surface area contributed by atoms with Crippen LogP contribution in [0.15, 0.2) is 37.2 Å². The van der Waals surface area contributed by atoms with Crippen LogP contribution in [0.1, 0.15) is 16.2 Å². The number of carboxylic acid groups (broad SMARTS) is 1. The van der Waals surface area contributed by atoms with Crippen LogP contribution in [0.5, 0.6) is 0 Å². The van der Waals surface area contributed by atoms with Crippen molar-refractivity contribution in [2.45, 2.75) is 6.92 Å². The molecule has 0 amide bonds. The van der Waals surface area contributed by atoms with E-state index in [1.807, 2.05) is 13.0 Å². The summed E-state index contributed by atoms with van der Waals surface area (Å²) in [5, 5.41) is 8.29. The Morgan fingerprint density at radius 2 is 1.45 bits per heavy atom. The molecule has 1 N–H and O–H groups in total. The average molecular weight is 359 g/mol. The van der Waals surface area contributed by atoms with E-state index in [-0.39, 0.29) is 12.1 Å². The zero-order valence-electron chi connectivity index (χ0n) is 16.1. The lowest BCUT2D eigenvalue weighted by atomic mass is 8.50. The molecule has 0 atom stereocenters. The zero-order valence-corrected chi connectivity index (χ0v) is 16.1. The Bertz CT molecular complexity index is 676. The molecule has 121 valence electrons. The van der Waals surface area contributed by atoms with Crippen LogP contribution in [0.4, 0.5) is 0 Å². The summed E-state index contributed by atoms with van der Waals surface area (Å²) in [7, 11) is 39.5. The fourth-order valence-corrected chi connectivity index (χ4v) is 2.06. The van der Waals surface area contributed by atoms with E-state index >= 15 is 0 Å². The average Bonchev–Trinajstić information content (AvgIpc) is 2.67. The Hall–Kier alpha value is -1.53. The number of rotatable bonds is 6. The molecule has 0 spiro atoms. The van der Waals surface area contributed by atoms with Crippen molar-refractivity contribution in [1.29, 1.82) is 0 Å². The molecule has 2 aromatic heterocycles. The van der Waals surface area contributed by atoms with Gasteiger partial charge in [-0.2, -0.15) is 0 Å². The van der Waals surface area contributed by atoms with Crippen molar-refractivity contribution in [3.63, 3.8) is 0 Å². The number of aryl methyl sites for hydroxylation is 1. The van der Waals surface area contributed by atoms with Crippen LogP contribution in [-0.2, 0) is 0 Å². The van der Waals surface area contributed by atoms with Crippen LogP contribution in [0.2, 0.25) is 0 Å². The third-order valence-electron chi connectivity index (χ3n) is 3.53. The second-order valence-electron chi connectivity index (χ2n) is 5.83. The van der Waals surface area contributed by atoms with Gasteiger partial charge in [0.05, 0.1) is 0 Å². The molecule has 0 saturated carbocycles. The summed E-state index contributed by atoms with van der Waals surface area (Å²) in [6.45, 7) is 1.93. The van der Waals surface area contributed by atoms with E-state index in [0.29, 0.717) is 0 Å². The number of aromatic nitrogens is 4. The number of carbonyl (C=O) groups is 1. The number of carboxylic acids is 1. The monoisotopic (exact) mass is 361 g/mol. The Morgan fingerprint density at radius 1 is 0.931 bits per heavy atom. The first kappa shape index (κ1) is 27.5. The number of hydrogen-bond donors (Lipinski definition) is 1. The van der Waals surface area contributed by atoms with Crippen LogP contribution in [0.3, 0.4) is 0 Å². The molecule has 2 heterocycles. The maximum absolute atomic E-state index is 10.1. The van der Waals surface area contributed by atoms with E-state index in [1.54, 1.807) is 6.20 Å². The highest BCUT2D eigenvalue weighted by Crippen LogP contribution is 1.94. The van der Waals surface area contributed by atoms with Gasteiger partial charge in [-0.1, -0.05) is 0 Å². The summed E-state index contributed by atoms with van der Waals surface area (Å²) in [6.07, 6.45) is 2.97. The molecule has 0 aliphatic heterocycles. The van der Waals surface area contributed by atoms with Gasteiger partial charge in [0.25, 0.3) is 0 Å². The standard InChI is InChI=1S/C5H4N2O2.C5H6N2.B13/c8-5(9)4-1-2-6-3-7-4;1-5-2-3-6-4-7-5;1-8-12(9(2)3)13(10(4)5)11(6)7/h1-3H,(H,8,9);2-4H,1H3;. The van der Waals surface area contributed by atoms with Gasteiger partial charge < -0.3 is 5.11 Å². The van der Waals surface area contributed by atoms with E-state index in [4.69, 9.17) is 59.3 Å². The van der Waals surface area contributed by atoms with Gasteiger partial charge in [-0.25, -0.2) is 24.7 Å². The van der Waals surface area contributed by atoms with E-state index in [2.05, 4.69) is 19.9 Å². The predicted octanol–water partition coefficient (Wildman–Crippen LogP) is -3.99. The SMILES string of the molecule is Cc1ccncn1.O=C(O)c1ccncn1.[B][B]B(B([B])[B])B(B([B])[B])B([B])[B]. The number of nitrogens with zero attached hydrogens (tertiary/aromatic N) is 4. The fraction of sp³-hybridized carbons (Fsp3) is 0.100. The first-order valence-electron chi connectivity index (χ1n) is 8.42. The van der Waals surface area contributed by atoms with E-state index in [1.165, 1.54) is 32.0 Å². The van der Waals surface area contributed by atoms with Gasteiger partial charge in [0.2, 0.25) is 0 Å². The van der Waals surface area contributed by atoms with Crippen LogP contribution in [0, 0.1) is 6.92 Å². The summed E-state index contributed by atoms with van der Waals surface area (Å²) in [6, 6.07) is 3.20. The third kappa shape index (κ3) is 11.9. The van der Waals surface area contributed by atoms with Crippen LogP contribution >= 0.6 is 0 Å². The van der Waals surface area contributed by atoms with Gasteiger partial charge in [0.1, 0.15) is 12.7 Å². The lowest BCUT2D eigenvalue weighted by Gasteiger charge is -2.31. The normalized spacial score (nSPS) is 8.72. The Labute approximate surface area is 184 Å². The Balaban J connectivity index is 0.000000425. The highest BCUT2D eigenvalue weighted by Gasteiger charge is 2.32. The number of aromatic carboxylic acids is 1. The first-order chi connectivity index (χ1) is 13.6. The molecule has 0 unspecified atom stereocenters. The quantitative estimate of drug-likeness (QED) is 0.530. The molecule has 29 heavy (non-hydrogen) atoms. The molecule has 0 saturated heterocycles. The summed E-state index contributed by atoms with van der Waals surface area (Å²) in [4.78, 5) is 24.7. The van der Waals surface area contributed by atoms with Crippen molar-refractivity contribution in [2.24, 2.45) is 0 Å².